The number of hydrogen-bond donors (Lipinski definition) is 2. The Labute approximate surface area is 149 Å². The molecular formula is C13H20F3IN4S. The maximum atomic E-state index is 12.3. The van der Waals surface area contributed by atoms with Crippen LogP contribution in [0.25, 0.3) is 0 Å². The van der Waals surface area contributed by atoms with E-state index in [-0.39, 0.29) is 30.0 Å². The fourth-order valence-electron chi connectivity index (χ4n) is 2.32. The van der Waals surface area contributed by atoms with Gasteiger partial charge in [0.05, 0.1) is 13.1 Å². The molecule has 0 amide bonds. The summed E-state index contributed by atoms with van der Waals surface area (Å²) in [5, 5.41) is 8.35. The summed E-state index contributed by atoms with van der Waals surface area (Å²) in [5.41, 5.74) is 0. The Hall–Kier alpha value is -0.550. The van der Waals surface area contributed by atoms with Gasteiger partial charge in [0, 0.05) is 31.1 Å². The van der Waals surface area contributed by atoms with Crippen LogP contribution in [-0.2, 0) is 6.54 Å². The summed E-state index contributed by atoms with van der Waals surface area (Å²) in [5.74, 6) is 0.627. The van der Waals surface area contributed by atoms with Crippen LogP contribution < -0.4 is 10.6 Å². The molecule has 4 nitrogen and oxygen atoms in total. The SMILES string of the molecule is CN=C(NCc1cccs1)NC1CCN(CC(F)(F)F)C1.I. The molecule has 1 saturated heterocycles. The molecule has 0 bridgehead atoms. The summed E-state index contributed by atoms with van der Waals surface area (Å²) in [4.78, 5) is 6.71. The first-order valence-electron chi connectivity index (χ1n) is 6.75. The fourth-order valence-corrected chi connectivity index (χ4v) is 2.96. The van der Waals surface area contributed by atoms with E-state index in [1.165, 1.54) is 9.78 Å². The van der Waals surface area contributed by atoms with Crippen molar-refractivity contribution in [1.82, 2.24) is 15.5 Å². The molecule has 0 aliphatic carbocycles. The second kappa shape index (κ2) is 8.92. The van der Waals surface area contributed by atoms with Gasteiger partial charge in [-0.2, -0.15) is 13.2 Å². The summed E-state index contributed by atoms with van der Waals surface area (Å²) in [6.07, 6.45) is -3.44. The fraction of sp³-hybridized carbons (Fsp3) is 0.615. The Morgan fingerprint density at radius 2 is 2.27 bits per heavy atom. The predicted molar refractivity (Wildman–Crippen MR) is 94.0 cm³/mol. The predicted octanol–water partition coefficient (Wildman–Crippen LogP) is 2.67. The lowest BCUT2D eigenvalue weighted by Gasteiger charge is -2.19. The highest BCUT2D eigenvalue weighted by molar-refractivity contribution is 14.0. The Morgan fingerprint density at radius 1 is 1.50 bits per heavy atom. The second-order valence-corrected chi connectivity index (χ2v) is 6.02. The average molecular weight is 448 g/mol. The van der Waals surface area contributed by atoms with Crippen LogP contribution in [0.1, 0.15) is 11.3 Å². The number of aliphatic imine (C=N–C) groups is 1. The van der Waals surface area contributed by atoms with Crippen LogP contribution in [-0.4, -0.2) is 49.8 Å². The lowest BCUT2D eigenvalue weighted by molar-refractivity contribution is -0.143. The molecule has 2 N–H and O–H groups in total. The molecule has 1 aliphatic rings. The van der Waals surface area contributed by atoms with Crippen LogP contribution in [0.5, 0.6) is 0 Å². The van der Waals surface area contributed by atoms with E-state index in [9.17, 15) is 13.2 Å². The van der Waals surface area contributed by atoms with Gasteiger partial charge in [0.2, 0.25) is 0 Å². The van der Waals surface area contributed by atoms with E-state index in [1.807, 2.05) is 17.5 Å². The zero-order valence-corrected chi connectivity index (χ0v) is 15.3. The number of rotatable bonds is 4. The van der Waals surface area contributed by atoms with Crippen LogP contribution >= 0.6 is 35.3 Å². The highest BCUT2D eigenvalue weighted by Crippen LogP contribution is 2.19. The number of hydrogen-bond acceptors (Lipinski definition) is 3. The van der Waals surface area contributed by atoms with Crippen molar-refractivity contribution in [2.24, 2.45) is 4.99 Å². The minimum Gasteiger partial charge on any atom is -0.352 e. The van der Waals surface area contributed by atoms with Gasteiger partial charge in [-0.3, -0.25) is 9.89 Å². The Bertz CT molecular complexity index is 464. The van der Waals surface area contributed by atoms with Gasteiger partial charge in [-0.15, -0.1) is 35.3 Å². The monoisotopic (exact) mass is 448 g/mol. The molecule has 0 saturated carbocycles. The number of nitrogens with zero attached hydrogens (tertiary/aromatic N) is 2. The first kappa shape index (κ1) is 19.5. The molecule has 9 heteroatoms. The minimum atomic E-state index is -4.13. The van der Waals surface area contributed by atoms with Gasteiger partial charge in [0.15, 0.2) is 5.96 Å². The molecule has 1 aromatic rings. The molecule has 126 valence electrons. The quantitative estimate of drug-likeness (QED) is 0.423. The van der Waals surface area contributed by atoms with Crippen molar-refractivity contribution in [3.05, 3.63) is 22.4 Å². The van der Waals surface area contributed by atoms with E-state index >= 15 is 0 Å². The highest BCUT2D eigenvalue weighted by Gasteiger charge is 2.34. The molecule has 1 unspecified atom stereocenters. The number of halogens is 4. The van der Waals surface area contributed by atoms with E-state index in [0.29, 0.717) is 32.0 Å². The molecule has 1 aromatic heterocycles. The first-order valence-corrected chi connectivity index (χ1v) is 7.63. The molecule has 1 atom stereocenters. The molecular weight excluding hydrogens is 428 g/mol. The van der Waals surface area contributed by atoms with Crippen LogP contribution in [0.4, 0.5) is 13.2 Å². The lowest BCUT2D eigenvalue weighted by Crippen LogP contribution is -2.44. The van der Waals surface area contributed by atoms with E-state index in [1.54, 1.807) is 18.4 Å². The van der Waals surface area contributed by atoms with Crippen molar-refractivity contribution in [1.29, 1.82) is 0 Å². The second-order valence-electron chi connectivity index (χ2n) is 4.99. The topological polar surface area (TPSA) is 39.7 Å². The Balaban J connectivity index is 0.00000242. The van der Waals surface area contributed by atoms with Gasteiger partial charge in [0.25, 0.3) is 0 Å². The van der Waals surface area contributed by atoms with E-state index in [0.717, 1.165) is 0 Å². The van der Waals surface area contributed by atoms with Crippen molar-refractivity contribution < 1.29 is 13.2 Å². The standard InChI is InChI=1S/C13H19F3N4S.HI/c1-17-12(18-7-11-3-2-6-21-11)19-10-4-5-20(8-10)9-13(14,15)16;/h2-3,6,10H,4-5,7-9H2,1H3,(H2,17,18,19);1H. The normalized spacial score (nSPS) is 19.8. The third kappa shape index (κ3) is 6.69. The van der Waals surface area contributed by atoms with Crippen LogP contribution in [0, 0.1) is 0 Å². The van der Waals surface area contributed by atoms with E-state index in [2.05, 4.69) is 15.6 Å². The summed E-state index contributed by atoms with van der Waals surface area (Å²) in [6.45, 7) is 0.668. The van der Waals surface area contributed by atoms with Crippen molar-refractivity contribution in [2.75, 3.05) is 26.7 Å². The Morgan fingerprint density at radius 3 is 2.86 bits per heavy atom. The molecule has 0 radical (unpaired) electrons. The van der Waals surface area contributed by atoms with Crippen molar-refractivity contribution >= 4 is 41.3 Å². The van der Waals surface area contributed by atoms with Gasteiger partial charge in [-0.1, -0.05) is 6.07 Å². The molecule has 2 heterocycles. The maximum Gasteiger partial charge on any atom is 0.401 e. The number of nitrogens with one attached hydrogen (secondary N) is 2. The summed E-state index contributed by atoms with van der Waals surface area (Å²) in [6, 6.07) is 4.00. The number of alkyl halides is 3. The van der Waals surface area contributed by atoms with Crippen molar-refractivity contribution in [2.45, 2.75) is 25.2 Å². The highest BCUT2D eigenvalue weighted by atomic mass is 127. The Kier molecular flexibility index (Phi) is 7.90. The molecule has 1 aliphatic heterocycles. The third-order valence-electron chi connectivity index (χ3n) is 3.25. The molecule has 1 fully saturated rings. The molecule has 22 heavy (non-hydrogen) atoms. The van der Waals surface area contributed by atoms with Gasteiger partial charge in [0.1, 0.15) is 0 Å². The number of guanidine groups is 1. The smallest absolute Gasteiger partial charge is 0.352 e. The lowest BCUT2D eigenvalue weighted by atomic mass is 10.3. The average Bonchev–Trinajstić information content (AvgIpc) is 3.04. The van der Waals surface area contributed by atoms with Crippen LogP contribution in [0.2, 0.25) is 0 Å². The van der Waals surface area contributed by atoms with Gasteiger partial charge < -0.3 is 10.6 Å². The maximum absolute atomic E-state index is 12.3. The van der Waals surface area contributed by atoms with Gasteiger partial charge >= 0.3 is 6.18 Å². The van der Waals surface area contributed by atoms with Crippen molar-refractivity contribution in [3.63, 3.8) is 0 Å². The molecule has 0 spiro atoms. The zero-order chi connectivity index (χ0) is 15.3. The third-order valence-corrected chi connectivity index (χ3v) is 4.13. The number of likely N-dealkylation sites (tertiary alicyclic amines) is 1. The van der Waals surface area contributed by atoms with E-state index in [4.69, 9.17) is 0 Å². The van der Waals surface area contributed by atoms with Crippen LogP contribution in [0.3, 0.4) is 0 Å². The van der Waals surface area contributed by atoms with E-state index < -0.39 is 12.7 Å². The van der Waals surface area contributed by atoms with Gasteiger partial charge in [-0.25, -0.2) is 0 Å². The first-order chi connectivity index (χ1) is 9.96. The molecule has 0 aromatic carbocycles. The molecule has 2 rings (SSSR count). The van der Waals surface area contributed by atoms with Gasteiger partial charge in [-0.05, 0) is 17.9 Å². The largest absolute Gasteiger partial charge is 0.401 e. The zero-order valence-electron chi connectivity index (χ0n) is 12.2. The summed E-state index contributed by atoms with van der Waals surface area (Å²) >= 11 is 1.65. The van der Waals surface area contributed by atoms with Crippen LogP contribution in [0.15, 0.2) is 22.5 Å². The van der Waals surface area contributed by atoms with Crippen molar-refractivity contribution in [3.8, 4) is 0 Å². The number of thiophene rings is 1. The summed E-state index contributed by atoms with van der Waals surface area (Å²) < 4.78 is 37.0. The minimum absolute atomic E-state index is 0. The summed E-state index contributed by atoms with van der Waals surface area (Å²) in [7, 11) is 1.66.